The van der Waals surface area contributed by atoms with Crippen molar-refractivity contribution in [3.63, 3.8) is 0 Å². The Kier molecular flexibility index (Phi) is 13.9. The zero-order valence-electron chi connectivity index (χ0n) is 42.8. The summed E-state index contributed by atoms with van der Waals surface area (Å²) in [6, 6.07) is 59.6. The zero-order valence-corrected chi connectivity index (χ0v) is 42.8. The van der Waals surface area contributed by atoms with Gasteiger partial charge in [0, 0.05) is 111 Å². The second-order valence-corrected chi connectivity index (χ2v) is 20.2. The summed E-state index contributed by atoms with van der Waals surface area (Å²) in [4.78, 5) is 0. The first-order chi connectivity index (χ1) is 37.5. The molecule has 22 bridgehead atoms. The van der Waals surface area contributed by atoms with Crippen molar-refractivity contribution in [2.45, 2.75) is 64.5 Å². The van der Waals surface area contributed by atoms with Crippen molar-refractivity contribution < 1.29 is 38.0 Å². The lowest BCUT2D eigenvalue weighted by molar-refractivity contribution is -0.697. The van der Waals surface area contributed by atoms with Crippen LogP contribution in [0.4, 0.5) is 0 Å². The van der Waals surface area contributed by atoms with Crippen molar-refractivity contribution in [2.75, 3.05) is 13.2 Å². The van der Waals surface area contributed by atoms with Crippen molar-refractivity contribution in [1.29, 1.82) is 0 Å². The van der Waals surface area contributed by atoms with E-state index < -0.39 is 0 Å². The predicted octanol–water partition coefficient (Wildman–Crippen LogP) is 11.9. The van der Waals surface area contributed by atoms with Crippen LogP contribution >= 0.6 is 0 Å². The number of hydrogen-bond donors (Lipinski definition) is 2. The number of aromatic hydroxyl groups is 2. The molecule has 2 N–H and O–H groups in total. The van der Waals surface area contributed by atoms with Crippen LogP contribution in [0.2, 0.25) is 0 Å². The summed E-state index contributed by atoms with van der Waals surface area (Å²) in [5, 5.41) is 24.0. The Balaban J connectivity index is 0.837. The van der Waals surface area contributed by atoms with Gasteiger partial charge in [-0.1, -0.05) is 72.8 Å². The number of benzene rings is 6. The number of pyridine rings is 4. The smallest absolute Gasteiger partial charge is 0.210 e. The molecule has 0 unspecified atom stereocenters. The molecule has 10 aromatic rings. The van der Waals surface area contributed by atoms with Gasteiger partial charge in [0.1, 0.15) is 36.1 Å². The molecule has 0 radical (unpaired) electrons. The lowest BCUT2D eigenvalue weighted by Gasteiger charge is -2.20. The van der Waals surface area contributed by atoms with Gasteiger partial charge in [0.25, 0.3) is 0 Å². The highest BCUT2D eigenvalue weighted by molar-refractivity contribution is 5.66. The maximum absolute atomic E-state index is 12.0. The van der Waals surface area contributed by atoms with E-state index in [1.807, 2.05) is 36.4 Å². The van der Waals surface area contributed by atoms with Gasteiger partial charge < -0.3 is 19.7 Å². The fraction of sp³-hybridized carbons (Fsp3) is 0.176. The normalized spacial score (nSPS) is 13.7. The first kappa shape index (κ1) is 48.1. The molecule has 14 aliphatic heterocycles. The molecule has 374 valence electrons. The zero-order chi connectivity index (χ0) is 51.2. The highest BCUT2D eigenvalue weighted by Gasteiger charge is 2.21. The van der Waals surface area contributed by atoms with E-state index in [4.69, 9.17) is 9.47 Å². The fourth-order valence-electron chi connectivity index (χ4n) is 10.9. The maximum Gasteiger partial charge on any atom is 0.210 e. The fourth-order valence-corrected chi connectivity index (χ4v) is 10.9. The largest absolute Gasteiger partial charge is 0.507 e. The van der Waals surface area contributed by atoms with Crippen LogP contribution in [-0.2, 0) is 38.8 Å². The number of phenolic OH excluding ortho intramolecular Hbond substituents is 2. The van der Waals surface area contributed by atoms with Crippen molar-refractivity contribution >= 4 is 0 Å². The molecular weight excluding hydrogens is 937 g/mol. The maximum atomic E-state index is 12.0. The van der Waals surface area contributed by atoms with Crippen LogP contribution in [0, 0.1) is 0 Å². The minimum Gasteiger partial charge on any atom is -0.507 e. The molecule has 0 saturated heterocycles. The van der Waals surface area contributed by atoms with Gasteiger partial charge in [-0.05, 0) is 115 Å². The van der Waals surface area contributed by atoms with Gasteiger partial charge in [0.2, 0.25) is 11.4 Å². The summed E-state index contributed by atoms with van der Waals surface area (Å²) in [5.41, 5.74) is 16.6. The number of ether oxygens (including phenoxy) is 2. The van der Waals surface area contributed by atoms with Crippen molar-refractivity contribution in [2.24, 2.45) is 0 Å². The number of para-hydroxylation sites is 4. The molecule has 8 nitrogen and oxygen atoms in total. The third-order valence-electron chi connectivity index (χ3n) is 15.2. The van der Waals surface area contributed by atoms with Crippen molar-refractivity contribution in [3.8, 4) is 67.8 Å². The Morgan fingerprint density at radius 3 is 0.882 bits per heavy atom. The number of aromatic nitrogens is 4. The van der Waals surface area contributed by atoms with Crippen LogP contribution in [0.5, 0.6) is 23.0 Å². The van der Waals surface area contributed by atoms with Crippen LogP contribution < -0.4 is 27.7 Å². The van der Waals surface area contributed by atoms with Gasteiger partial charge in [0.05, 0.1) is 13.2 Å². The quantitative estimate of drug-likeness (QED) is 0.148. The van der Waals surface area contributed by atoms with Crippen LogP contribution in [0.1, 0.15) is 70.2 Å². The molecule has 0 atom stereocenters. The molecule has 0 amide bonds. The SMILES string of the molecule is Oc1c2cccc1Cc1cccc3c1OCCCC[n+]1ccc(cc1)-c1cc[n+](cc1)-c1ccc(cc1)-c1ccc(cc1)-[n+]1ccc(cc1)-c1cc[n+](cc1)CCCCOc1c(cccc1Cc1cccc(c1O)C3)C2. The Hall–Kier alpha value is -8.88. The highest BCUT2D eigenvalue weighted by atomic mass is 16.5. The number of hydrogen-bond acceptors (Lipinski definition) is 4. The number of nitrogens with zero attached hydrogens (tertiary/aromatic N) is 4. The summed E-state index contributed by atoms with van der Waals surface area (Å²) < 4.78 is 22.3. The average molecular weight is 999 g/mol. The molecule has 15 aliphatic rings. The first-order valence-corrected chi connectivity index (χ1v) is 26.8. The first-order valence-electron chi connectivity index (χ1n) is 26.8. The average Bonchev–Trinajstić information content (AvgIpc) is 3.46. The molecule has 18 heterocycles. The van der Waals surface area contributed by atoms with E-state index >= 15 is 0 Å². The molecular formula is C68H62N4O4+4. The Morgan fingerprint density at radius 1 is 0.289 bits per heavy atom. The third kappa shape index (κ3) is 10.6. The molecule has 8 heteroatoms. The molecule has 0 fully saturated rings. The standard InChI is InChI=1S/C68H60N4O4/c73-65-55-9-5-11-57(65)47-61-15-8-16-62-48-58-12-6-10-56(66(58)74)46-60-14-7-13-59(45-55)67(60)75-43-3-1-33-69-35-25-51(26-36-69)53-29-39-71(40-30-53)63-21-17-49(18-22-63)50-19-23-64(24-20-50)72-41-31-54(32-42-72)52-27-37-70(38-28-52)34-2-4-44-76-68(61)62/h5-32,35-42H,1-4,33-34,43-48H2/q+2/p+2. The summed E-state index contributed by atoms with van der Waals surface area (Å²) in [7, 11) is 0. The number of phenols is 2. The number of aryl methyl sites for hydroxylation is 2. The van der Waals surface area contributed by atoms with E-state index in [2.05, 4.69) is 201 Å². The van der Waals surface area contributed by atoms with Crippen molar-refractivity contribution in [1.82, 2.24) is 0 Å². The lowest BCUT2D eigenvalue weighted by Crippen LogP contribution is -2.32. The van der Waals surface area contributed by atoms with Gasteiger partial charge in [0.15, 0.2) is 49.6 Å². The molecule has 1 aliphatic carbocycles. The molecule has 4 aromatic heterocycles. The van der Waals surface area contributed by atoms with E-state index in [1.54, 1.807) is 0 Å². The van der Waals surface area contributed by atoms with Gasteiger partial charge >= 0.3 is 0 Å². The van der Waals surface area contributed by atoms with Gasteiger partial charge in [-0.15, -0.1) is 0 Å². The van der Waals surface area contributed by atoms with Gasteiger partial charge in [-0.25, -0.2) is 9.13 Å². The van der Waals surface area contributed by atoms with E-state index in [0.29, 0.717) is 50.4 Å². The lowest BCUT2D eigenvalue weighted by atomic mass is 9.91. The van der Waals surface area contributed by atoms with E-state index in [-0.39, 0.29) is 0 Å². The van der Waals surface area contributed by atoms with Gasteiger partial charge in [-0.2, -0.15) is 9.13 Å². The van der Waals surface area contributed by atoms with E-state index in [1.165, 1.54) is 22.3 Å². The van der Waals surface area contributed by atoms with Gasteiger partial charge in [-0.3, -0.25) is 0 Å². The Labute approximate surface area is 445 Å². The van der Waals surface area contributed by atoms with Crippen LogP contribution in [0.3, 0.4) is 0 Å². The third-order valence-corrected chi connectivity index (χ3v) is 15.2. The summed E-state index contributed by atoms with van der Waals surface area (Å²) in [6.45, 7) is 2.81. The van der Waals surface area contributed by atoms with E-state index in [9.17, 15) is 10.2 Å². The number of rotatable bonds is 0. The predicted molar refractivity (Wildman–Crippen MR) is 296 cm³/mol. The minimum atomic E-state index is 0.295. The summed E-state index contributed by atoms with van der Waals surface area (Å²) in [5.74, 6) is 2.23. The highest BCUT2D eigenvalue weighted by Crippen LogP contribution is 2.38. The second kappa shape index (κ2) is 21.9. The second-order valence-electron chi connectivity index (χ2n) is 20.2. The topological polar surface area (TPSA) is 74.4 Å². The Morgan fingerprint density at radius 2 is 0.566 bits per heavy atom. The Bertz CT molecular complexity index is 3310. The van der Waals surface area contributed by atoms with E-state index in [0.717, 1.165) is 117 Å². The van der Waals surface area contributed by atoms with Crippen LogP contribution in [-0.4, -0.2) is 23.4 Å². The molecule has 0 spiro atoms. The monoisotopic (exact) mass is 998 g/mol. The molecule has 25 rings (SSSR count). The van der Waals surface area contributed by atoms with Crippen LogP contribution in [0.15, 0.2) is 219 Å². The summed E-state index contributed by atoms with van der Waals surface area (Å²) in [6.07, 6.45) is 22.7. The molecule has 76 heavy (non-hydrogen) atoms. The van der Waals surface area contributed by atoms with Crippen LogP contribution in [0.25, 0.3) is 44.8 Å². The van der Waals surface area contributed by atoms with Crippen molar-refractivity contribution in [3.05, 3.63) is 264 Å². The minimum absolute atomic E-state index is 0.295. The number of fused-ring (bicyclic) bond motifs is 1. The summed E-state index contributed by atoms with van der Waals surface area (Å²) >= 11 is 0. The molecule has 0 saturated carbocycles. The molecule has 6 aromatic carbocycles.